The van der Waals surface area contributed by atoms with Crippen LogP contribution < -0.4 is 5.32 Å². The maximum absolute atomic E-state index is 13.5. The summed E-state index contributed by atoms with van der Waals surface area (Å²) in [6, 6.07) is 4.80. The number of hydrogen-bond donors (Lipinski definition) is 1. The van der Waals surface area contributed by atoms with Gasteiger partial charge in [0.1, 0.15) is 23.1 Å². The highest BCUT2D eigenvalue weighted by atomic mass is 79.9. The van der Waals surface area contributed by atoms with Crippen molar-refractivity contribution in [1.29, 1.82) is 0 Å². The number of nitrogens with one attached hydrogen (secondary N) is 1. The first-order chi connectivity index (χ1) is 8.58. The van der Waals surface area contributed by atoms with E-state index in [1.165, 1.54) is 12.4 Å². The monoisotopic (exact) mass is 329 g/mol. The van der Waals surface area contributed by atoms with Gasteiger partial charge >= 0.3 is 0 Å². The second-order valence-corrected chi connectivity index (χ2v) is 5.00. The summed E-state index contributed by atoms with van der Waals surface area (Å²) in [5.41, 5.74) is 1.30. The lowest BCUT2D eigenvalue weighted by atomic mass is 10.2. The third-order valence-electron chi connectivity index (χ3n) is 2.48. The molecular weight excluding hydrogens is 321 g/mol. The van der Waals surface area contributed by atoms with Gasteiger partial charge in [-0.2, -0.15) is 0 Å². The molecule has 0 bridgehead atoms. The molecule has 0 atom stereocenters. The number of benzene rings is 1. The van der Waals surface area contributed by atoms with Crippen LogP contribution in [-0.2, 0) is 6.54 Å². The van der Waals surface area contributed by atoms with Gasteiger partial charge in [-0.15, -0.1) is 0 Å². The summed E-state index contributed by atoms with van der Waals surface area (Å²) in [7, 11) is 0. The predicted molar refractivity (Wildman–Crippen MR) is 73.2 cm³/mol. The Morgan fingerprint density at radius 1 is 1.39 bits per heavy atom. The molecule has 0 saturated heterocycles. The second-order valence-electron chi connectivity index (χ2n) is 3.73. The minimum Gasteiger partial charge on any atom is -0.366 e. The van der Waals surface area contributed by atoms with E-state index in [2.05, 4.69) is 31.2 Å². The Morgan fingerprint density at radius 2 is 2.17 bits per heavy atom. The van der Waals surface area contributed by atoms with Crippen LogP contribution in [0.15, 0.2) is 29.0 Å². The molecule has 1 aromatic heterocycles. The Morgan fingerprint density at radius 3 is 2.94 bits per heavy atom. The maximum Gasteiger partial charge on any atom is 0.137 e. The lowest BCUT2D eigenvalue weighted by Crippen LogP contribution is -2.05. The highest BCUT2D eigenvalue weighted by Gasteiger charge is 2.07. The van der Waals surface area contributed by atoms with Crippen molar-refractivity contribution in [2.24, 2.45) is 0 Å². The zero-order valence-electron chi connectivity index (χ0n) is 9.54. The summed E-state index contributed by atoms with van der Waals surface area (Å²) >= 11 is 9.19. The van der Waals surface area contributed by atoms with Crippen molar-refractivity contribution < 1.29 is 4.39 Å². The highest BCUT2D eigenvalue weighted by molar-refractivity contribution is 9.10. The molecule has 0 aliphatic carbocycles. The second kappa shape index (κ2) is 5.63. The van der Waals surface area contributed by atoms with Gasteiger partial charge < -0.3 is 5.32 Å². The Kier molecular flexibility index (Phi) is 4.14. The van der Waals surface area contributed by atoms with Crippen LogP contribution in [0.5, 0.6) is 0 Å². The number of hydrogen-bond acceptors (Lipinski definition) is 3. The molecule has 18 heavy (non-hydrogen) atoms. The van der Waals surface area contributed by atoms with Crippen molar-refractivity contribution in [1.82, 2.24) is 9.97 Å². The van der Waals surface area contributed by atoms with Crippen LogP contribution in [0.1, 0.15) is 11.1 Å². The van der Waals surface area contributed by atoms with Gasteiger partial charge in [-0.1, -0.05) is 27.5 Å². The van der Waals surface area contributed by atoms with Gasteiger partial charge in [0, 0.05) is 22.1 Å². The molecule has 1 aromatic carbocycles. The van der Waals surface area contributed by atoms with E-state index < -0.39 is 0 Å². The van der Waals surface area contributed by atoms with Crippen molar-refractivity contribution in [3.05, 3.63) is 51.1 Å². The van der Waals surface area contributed by atoms with E-state index in [0.717, 1.165) is 10.0 Å². The Balaban J connectivity index is 2.16. The first-order valence-electron chi connectivity index (χ1n) is 5.23. The molecule has 0 saturated carbocycles. The van der Waals surface area contributed by atoms with Crippen LogP contribution in [0.25, 0.3) is 0 Å². The zero-order valence-corrected chi connectivity index (χ0v) is 11.9. The summed E-state index contributed by atoms with van der Waals surface area (Å²) in [6.07, 6.45) is 1.37. The number of aromatic nitrogens is 2. The Hall–Kier alpha value is -1.20. The van der Waals surface area contributed by atoms with Crippen LogP contribution >= 0.6 is 27.5 Å². The summed E-state index contributed by atoms with van der Waals surface area (Å²) in [6.45, 7) is 2.14. The quantitative estimate of drug-likeness (QED) is 0.866. The fourth-order valence-electron chi connectivity index (χ4n) is 1.46. The topological polar surface area (TPSA) is 37.8 Å². The molecule has 0 aliphatic heterocycles. The normalized spacial score (nSPS) is 10.4. The molecule has 0 spiro atoms. The summed E-state index contributed by atoms with van der Waals surface area (Å²) < 4.78 is 14.4. The van der Waals surface area contributed by atoms with Gasteiger partial charge in [-0.25, -0.2) is 14.4 Å². The molecule has 0 unspecified atom stereocenters. The van der Waals surface area contributed by atoms with E-state index >= 15 is 0 Å². The third-order valence-corrected chi connectivity index (χ3v) is 3.35. The number of nitrogens with zero attached hydrogens (tertiary/aromatic N) is 2. The molecular formula is C12H10BrClFN3. The maximum atomic E-state index is 13.5. The van der Waals surface area contributed by atoms with E-state index in [1.807, 2.05) is 6.92 Å². The van der Waals surface area contributed by atoms with Crippen molar-refractivity contribution in [3.63, 3.8) is 0 Å². The highest BCUT2D eigenvalue weighted by Crippen LogP contribution is 2.20. The number of halogens is 3. The van der Waals surface area contributed by atoms with Gasteiger partial charge in [0.25, 0.3) is 0 Å². The lowest BCUT2D eigenvalue weighted by Gasteiger charge is -2.09. The predicted octanol–water partition coefficient (Wildman–Crippen LogP) is 3.95. The lowest BCUT2D eigenvalue weighted by molar-refractivity contribution is 0.612. The molecule has 1 N–H and O–H groups in total. The molecule has 94 valence electrons. The van der Waals surface area contributed by atoms with Crippen LogP contribution in [0, 0.1) is 12.7 Å². The van der Waals surface area contributed by atoms with Gasteiger partial charge in [-0.3, -0.25) is 0 Å². The van der Waals surface area contributed by atoms with Crippen molar-refractivity contribution in [3.8, 4) is 0 Å². The molecule has 3 nitrogen and oxygen atoms in total. The molecule has 2 rings (SSSR count). The van der Waals surface area contributed by atoms with Crippen LogP contribution in [0.4, 0.5) is 10.2 Å². The molecule has 0 fully saturated rings. The first-order valence-corrected chi connectivity index (χ1v) is 6.40. The molecule has 2 aromatic rings. The Labute approximate surface area is 118 Å². The molecule has 0 amide bonds. The SMILES string of the molecule is Cc1c(Cl)ncnc1NCc1cc(Br)ccc1F. The van der Waals surface area contributed by atoms with E-state index in [4.69, 9.17) is 11.6 Å². The van der Waals surface area contributed by atoms with Crippen molar-refractivity contribution in [2.45, 2.75) is 13.5 Å². The summed E-state index contributed by atoms with van der Waals surface area (Å²) in [5, 5.41) is 3.43. The first kappa shape index (κ1) is 13.2. The largest absolute Gasteiger partial charge is 0.366 e. The van der Waals surface area contributed by atoms with E-state index in [1.54, 1.807) is 12.1 Å². The number of anilines is 1. The van der Waals surface area contributed by atoms with Crippen molar-refractivity contribution in [2.75, 3.05) is 5.32 Å². The minimum atomic E-state index is -0.261. The third kappa shape index (κ3) is 2.97. The van der Waals surface area contributed by atoms with Crippen molar-refractivity contribution >= 4 is 33.3 Å². The summed E-state index contributed by atoms with van der Waals surface area (Å²) in [5.74, 6) is 0.345. The molecule has 1 heterocycles. The minimum absolute atomic E-state index is 0.261. The van der Waals surface area contributed by atoms with Gasteiger partial charge in [0.2, 0.25) is 0 Å². The average molecular weight is 331 g/mol. The fraction of sp³-hybridized carbons (Fsp3) is 0.167. The number of rotatable bonds is 3. The van der Waals surface area contributed by atoms with Gasteiger partial charge in [0.15, 0.2) is 0 Å². The fourth-order valence-corrected chi connectivity index (χ4v) is 2.01. The molecule has 6 heteroatoms. The van der Waals surface area contributed by atoms with Crippen LogP contribution in [0.2, 0.25) is 5.15 Å². The van der Waals surface area contributed by atoms with Crippen LogP contribution in [-0.4, -0.2) is 9.97 Å². The van der Waals surface area contributed by atoms with E-state index in [9.17, 15) is 4.39 Å². The van der Waals surface area contributed by atoms with Crippen LogP contribution in [0.3, 0.4) is 0 Å². The van der Waals surface area contributed by atoms with Gasteiger partial charge in [-0.05, 0) is 25.1 Å². The standard InChI is InChI=1S/C12H10BrClFN3/c1-7-11(14)17-6-18-12(7)16-5-8-4-9(13)2-3-10(8)15/h2-4,6H,5H2,1H3,(H,16,17,18). The molecule has 0 radical (unpaired) electrons. The van der Waals surface area contributed by atoms with E-state index in [-0.39, 0.29) is 5.82 Å². The Bertz CT molecular complexity index is 575. The zero-order chi connectivity index (χ0) is 13.1. The summed E-state index contributed by atoms with van der Waals surface area (Å²) in [4.78, 5) is 7.92. The molecule has 0 aliphatic rings. The van der Waals surface area contributed by atoms with E-state index in [0.29, 0.717) is 23.1 Å². The average Bonchev–Trinajstić information content (AvgIpc) is 2.35. The smallest absolute Gasteiger partial charge is 0.137 e. The van der Waals surface area contributed by atoms with Gasteiger partial charge in [0.05, 0.1) is 0 Å².